The van der Waals surface area contributed by atoms with Crippen molar-refractivity contribution < 1.29 is 14.0 Å². The van der Waals surface area contributed by atoms with E-state index in [2.05, 4.69) is 6.07 Å². The zero-order chi connectivity index (χ0) is 21.9. The molecule has 31 heavy (non-hydrogen) atoms. The normalized spacial score (nSPS) is 22.7. The fourth-order valence-electron chi connectivity index (χ4n) is 5.14. The molecule has 2 aliphatic heterocycles. The molecular formula is C24H19FN4O2. The Hall–Kier alpha value is -3.92. The molecule has 2 heterocycles. The first-order chi connectivity index (χ1) is 14.9. The summed E-state index contributed by atoms with van der Waals surface area (Å²) in [6.07, 6.45) is 1.25. The number of benzene rings is 2. The van der Waals surface area contributed by atoms with Crippen LogP contribution in [0.2, 0.25) is 0 Å². The Morgan fingerprint density at radius 2 is 1.74 bits per heavy atom. The third-order valence-corrected chi connectivity index (χ3v) is 6.40. The Kier molecular flexibility index (Phi) is 4.02. The van der Waals surface area contributed by atoms with E-state index in [-0.39, 0.29) is 34.9 Å². The van der Waals surface area contributed by atoms with Crippen LogP contribution in [0, 0.1) is 17.1 Å². The van der Waals surface area contributed by atoms with Crippen molar-refractivity contribution in [2.45, 2.75) is 24.7 Å². The molecule has 1 unspecified atom stereocenters. The van der Waals surface area contributed by atoms with Gasteiger partial charge in [0.25, 0.3) is 0 Å². The first-order valence-electron chi connectivity index (χ1n) is 10.0. The van der Waals surface area contributed by atoms with Crippen molar-refractivity contribution in [1.29, 1.82) is 5.26 Å². The van der Waals surface area contributed by atoms with E-state index in [0.29, 0.717) is 29.8 Å². The first-order valence-corrected chi connectivity index (χ1v) is 10.0. The van der Waals surface area contributed by atoms with Crippen molar-refractivity contribution in [3.8, 4) is 6.07 Å². The second kappa shape index (κ2) is 6.54. The third-order valence-electron chi connectivity index (χ3n) is 6.40. The van der Waals surface area contributed by atoms with Crippen molar-refractivity contribution in [1.82, 2.24) is 0 Å². The predicted octanol–water partition coefficient (Wildman–Crippen LogP) is 3.26. The van der Waals surface area contributed by atoms with Gasteiger partial charge in [-0.25, -0.2) is 4.39 Å². The summed E-state index contributed by atoms with van der Waals surface area (Å²) in [7, 11) is 1.62. The van der Waals surface area contributed by atoms with Gasteiger partial charge in [-0.2, -0.15) is 5.26 Å². The van der Waals surface area contributed by atoms with Gasteiger partial charge in [-0.1, -0.05) is 30.3 Å². The lowest BCUT2D eigenvalue weighted by Gasteiger charge is -2.43. The quantitative estimate of drug-likeness (QED) is 0.774. The van der Waals surface area contributed by atoms with E-state index in [0.717, 1.165) is 0 Å². The van der Waals surface area contributed by atoms with Gasteiger partial charge in [0.1, 0.15) is 23.1 Å². The minimum atomic E-state index is -1.61. The zero-order valence-electron chi connectivity index (χ0n) is 16.9. The number of hydrogen-bond donors (Lipinski definition) is 1. The molecule has 0 bridgehead atoms. The molecule has 0 radical (unpaired) electrons. The number of amides is 1. The van der Waals surface area contributed by atoms with Gasteiger partial charge < -0.3 is 10.6 Å². The second-order valence-electron chi connectivity index (χ2n) is 7.89. The number of nitrogens with zero attached hydrogens (tertiary/aromatic N) is 3. The molecular weight excluding hydrogens is 395 g/mol. The topological polar surface area (TPSA) is 90.4 Å². The van der Waals surface area contributed by atoms with Crippen LogP contribution < -0.4 is 15.5 Å². The first kappa shape index (κ1) is 19.1. The van der Waals surface area contributed by atoms with Crippen LogP contribution in [-0.2, 0) is 15.0 Å². The number of hydrogen-bond acceptors (Lipinski definition) is 5. The number of allylic oxidation sites excluding steroid dienone is 1. The fraction of sp³-hybridized carbons (Fsp3) is 0.208. The number of anilines is 2. The molecule has 0 saturated heterocycles. The number of fused-ring (bicyclic) bond motifs is 3. The van der Waals surface area contributed by atoms with Crippen LogP contribution in [0.1, 0.15) is 24.8 Å². The van der Waals surface area contributed by atoms with Gasteiger partial charge >= 0.3 is 0 Å². The maximum Gasteiger partial charge on any atom is 0.247 e. The molecule has 1 atom stereocenters. The summed E-state index contributed by atoms with van der Waals surface area (Å²) >= 11 is 0. The monoisotopic (exact) mass is 414 g/mol. The molecule has 0 aromatic heterocycles. The summed E-state index contributed by atoms with van der Waals surface area (Å²) in [5.41, 5.74) is 6.88. The van der Waals surface area contributed by atoms with Crippen LogP contribution >= 0.6 is 0 Å². The van der Waals surface area contributed by atoms with E-state index in [1.54, 1.807) is 49.5 Å². The zero-order valence-corrected chi connectivity index (χ0v) is 16.9. The van der Waals surface area contributed by atoms with E-state index >= 15 is 0 Å². The number of nitrogens with two attached hydrogens (primary N) is 1. The summed E-state index contributed by atoms with van der Waals surface area (Å²) in [6, 6.07) is 15.3. The van der Waals surface area contributed by atoms with E-state index in [1.165, 1.54) is 15.9 Å². The van der Waals surface area contributed by atoms with Crippen molar-refractivity contribution in [2.75, 3.05) is 16.8 Å². The summed E-state index contributed by atoms with van der Waals surface area (Å²) in [6.45, 7) is 0. The van der Waals surface area contributed by atoms with Crippen LogP contribution in [0.15, 0.2) is 71.2 Å². The van der Waals surface area contributed by atoms with Crippen LogP contribution in [0.4, 0.5) is 15.8 Å². The van der Waals surface area contributed by atoms with Crippen LogP contribution in [-0.4, -0.2) is 18.7 Å². The molecule has 7 heteroatoms. The average Bonchev–Trinajstić information content (AvgIpc) is 2.98. The van der Waals surface area contributed by atoms with Crippen LogP contribution in [0.25, 0.3) is 0 Å². The number of carbonyl (C=O) groups is 2. The molecule has 2 aromatic rings. The minimum Gasteiger partial charge on any atom is -0.384 e. The van der Waals surface area contributed by atoms with Gasteiger partial charge in [-0.05, 0) is 31.0 Å². The predicted molar refractivity (Wildman–Crippen MR) is 113 cm³/mol. The highest BCUT2D eigenvalue weighted by Crippen LogP contribution is 2.56. The molecule has 1 spiro atoms. The number of likely N-dealkylation sites (N-methyl/N-ethyl adjacent to an activating group) is 1. The highest BCUT2D eigenvalue weighted by atomic mass is 19.1. The molecule has 3 aliphatic rings. The Morgan fingerprint density at radius 3 is 2.45 bits per heavy atom. The number of ketones is 1. The minimum absolute atomic E-state index is 0.0282. The van der Waals surface area contributed by atoms with Gasteiger partial charge in [0.2, 0.25) is 5.91 Å². The van der Waals surface area contributed by atoms with Crippen molar-refractivity contribution >= 4 is 23.1 Å². The molecule has 6 nitrogen and oxygen atoms in total. The molecule has 0 saturated carbocycles. The molecule has 1 amide bonds. The highest BCUT2D eigenvalue weighted by molar-refractivity contribution is 6.20. The number of para-hydroxylation sites is 2. The van der Waals surface area contributed by atoms with Crippen LogP contribution in [0.3, 0.4) is 0 Å². The fourth-order valence-corrected chi connectivity index (χ4v) is 5.14. The Bertz CT molecular complexity index is 1270. The maximum absolute atomic E-state index is 14.8. The summed E-state index contributed by atoms with van der Waals surface area (Å²) in [5.74, 6) is -1.18. The number of halogens is 1. The number of nitriles is 1. The van der Waals surface area contributed by atoms with E-state index in [9.17, 15) is 19.2 Å². The molecule has 1 aliphatic carbocycles. The standard InChI is InChI=1S/C24H19FN4O2/c1-28-17-9-4-2-7-14(17)24(23(28)31)15(13-26)22(27)29(18-10-5-3-8-16(18)25)19-11-6-12-20(30)21(19)24/h2-5,7-10H,6,11-12,27H2,1H3. The van der Waals surface area contributed by atoms with Gasteiger partial charge in [0, 0.05) is 36.0 Å². The maximum atomic E-state index is 14.8. The van der Waals surface area contributed by atoms with Gasteiger partial charge in [-0.15, -0.1) is 0 Å². The lowest BCUT2D eigenvalue weighted by molar-refractivity contribution is -0.124. The largest absolute Gasteiger partial charge is 0.384 e. The van der Waals surface area contributed by atoms with Gasteiger partial charge in [0.15, 0.2) is 5.78 Å². The SMILES string of the molecule is CN1C(=O)C2(C(C#N)=C(N)N(c3ccccc3F)C3=C2C(=O)CCC3)c2ccccc21. The molecule has 2 aromatic carbocycles. The summed E-state index contributed by atoms with van der Waals surface area (Å²) in [5, 5.41) is 10.2. The Morgan fingerprint density at radius 1 is 1.06 bits per heavy atom. The van der Waals surface area contributed by atoms with Gasteiger partial charge in [-0.3, -0.25) is 14.5 Å². The smallest absolute Gasteiger partial charge is 0.247 e. The average molecular weight is 414 g/mol. The molecule has 2 N–H and O–H groups in total. The van der Waals surface area contributed by atoms with Crippen molar-refractivity contribution in [2.24, 2.45) is 5.73 Å². The van der Waals surface area contributed by atoms with Gasteiger partial charge in [0.05, 0.1) is 11.3 Å². The highest BCUT2D eigenvalue weighted by Gasteiger charge is 2.61. The van der Waals surface area contributed by atoms with Crippen molar-refractivity contribution in [3.05, 3.63) is 82.6 Å². The van der Waals surface area contributed by atoms with E-state index in [1.807, 2.05) is 0 Å². The second-order valence-corrected chi connectivity index (χ2v) is 7.89. The number of rotatable bonds is 1. The third kappa shape index (κ3) is 2.24. The molecule has 0 fully saturated rings. The number of Topliss-reactive ketones (excluding diaryl/α,β-unsaturated/α-hetero) is 1. The lowest BCUT2D eigenvalue weighted by Crippen LogP contribution is -2.52. The Labute approximate surface area is 178 Å². The summed E-state index contributed by atoms with van der Waals surface area (Å²) in [4.78, 5) is 30.0. The van der Waals surface area contributed by atoms with E-state index < -0.39 is 17.1 Å². The molecule has 154 valence electrons. The molecule has 5 rings (SSSR count). The van der Waals surface area contributed by atoms with Crippen LogP contribution in [0.5, 0.6) is 0 Å². The van der Waals surface area contributed by atoms with Crippen molar-refractivity contribution in [3.63, 3.8) is 0 Å². The Balaban J connectivity index is 1.92. The number of carbonyl (C=O) groups excluding carboxylic acids is 2. The summed E-state index contributed by atoms with van der Waals surface area (Å²) < 4.78 is 14.8. The van der Waals surface area contributed by atoms with E-state index in [4.69, 9.17) is 5.73 Å². The lowest BCUT2D eigenvalue weighted by atomic mass is 9.64.